The summed E-state index contributed by atoms with van der Waals surface area (Å²) in [7, 11) is 0. The van der Waals surface area contributed by atoms with Gasteiger partial charge in [0.1, 0.15) is 18.6 Å². The molecule has 0 saturated heterocycles. The summed E-state index contributed by atoms with van der Waals surface area (Å²) in [5.41, 5.74) is 4.95. The first kappa shape index (κ1) is 13.7. The minimum Gasteiger partial charge on any atom is -0.455 e. The minimum absolute atomic E-state index is 0.378. The lowest BCUT2D eigenvalue weighted by Crippen LogP contribution is -2.05. The number of aliphatic hydroxyl groups excluding tert-OH is 1. The molecule has 0 fully saturated rings. The molecular formula is C18H18O3. The van der Waals surface area contributed by atoms with Gasteiger partial charge in [-0.1, -0.05) is 42.5 Å². The first-order valence-electron chi connectivity index (χ1n) is 6.97. The number of benzene rings is 2. The van der Waals surface area contributed by atoms with Crippen molar-refractivity contribution in [2.75, 3.05) is 0 Å². The quantitative estimate of drug-likeness (QED) is 0.928. The summed E-state index contributed by atoms with van der Waals surface area (Å²) in [5, 5.41) is 10.6. The number of hydrogen-bond acceptors (Lipinski definition) is 3. The lowest BCUT2D eigenvalue weighted by molar-refractivity contribution is -0.0246. The largest absolute Gasteiger partial charge is 0.455 e. The number of hydrogen-bond donors (Lipinski definition) is 1. The molecule has 0 radical (unpaired) electrons. The molecule has 0 bridgehead atoms. The molecule has 2 aromatic rings. The van der Waals surface area contributed by atoms with E-state index in [1.807, 2.05) is 56.3 Å². The molecule has 21 heavy (non-hydrogen) atoms. The van der Waals surface area contributed by atoms with Crippen LogP contribution in [0.5, 0.6) is 0 Å². The third kappa shape index (κ3) is 2.65. The molecule has 0 spiro atoms. The predicted octanol–water partition coefficient (Wildman–Crippen LogP) is 3.90. The van der Waals surface area contributed by atoms with Crippen LogP contribution in [0.25, 0.3) is 0 Å². The van der Waals surface area contributed by atoms with Crippen LogP contribution in [-0.4, -0.2) is 5.11 Å². The molecule has 0 saturated carbocycles. The van der Waals surface area contributed by atoms with Gasteiger partial charge in [-0.25, -0.2) is 0 Å². The molecular weight excluding hydrogens is 264 g/mol. The van der Waals surface area contributed by atoms with Gasteiger partial charge in [-0.3, -0.25) is 0 Å². The van der Waals surface area contributed by atoms with E-state index in [1.54, 1.807) is 0 Å². The molecule has 1 heterocycles. The van der Waals surface area contributed by atoms with E-state index in [0.29, 0.717) is 0 Å². The zero-order valence-corrected chi connectivity index (χ0v) is 12.1. The summed E-state index contributed by atoms with van der Waals surface area (Å²) in [6.45, 7) is 4.04. The average molecular weight is 282 g/mol. The highest BCUT2D eigenvalue weighted by Gasteiger charge is 2.18. The summed E-state index contributed by atoms with van der Waals surface area (Å²) in [5.74, 6) is 0. The van der Waals surface area contributed by atoms with Gasteiger partial charge in [-0.2, -0.15) is 0 Å². The molecule has 3 nitrogen and oxygen atoms in total. The van der Waals surface area contributed by atoms with Gasteiger partial charge in [0.15, 0.2) is 0 Å². The second-order valence-corrected chi connectivity index (χ2v) is 5.25. The molecule has 1 unspecified atom stereocenters. The first-order valence-corrected chi connectivity index (χ1v) is 6.97. The fraction of sp³-hybridized carbons (Fsp3) is 0.222. The standard InChI is InChI=1S/C18H18O3/c1-12-4-3-5-13(2)16(12)17(19)14-6-8-15(9-7-14)18-20-10-11-21-18/h3-11,17-19H,1-2H3. The highest BCUT2D eigenvalue weighted by molar-refractivity contribution is 5.41. The molecule has 0 amide bonds. The normalized spacial score (nSPS) is 15.6. The molecule has 2 aromatic carbocycles. The van der Waals surface area contributed by atoms with Crippen LogP contribution in [0.1, 0.15) is 40.2 Å². The Kier molecular flexibility index (Phi) is 3.67. The van der Waals surface area contributed by atoms with Gasteiger partial charge in [-0.15, -0.1) is 0 Å². The summed E-state index contributed by atoms with van der Waals surface area (Å²) < 4.78 is 10.6. The van der Waals surface area contributed by atoms with Crippen molar-refractivity contribution < 1.29 is 14.6 Å². The van der Waals surface area contributed by atoms with E-state index < -0.39 is 6.10 Å². The van der Waals surface area contributed by atoms with Crippen LogP contribution in [0.2, 0.25) is 0 Å². The Morgan fingerprint density at radius 2 is 1.48 bits per heavy atom. The van der Waals surface area contributed by atoms with Crippen molar-refractivity contribution in [3.05, 3.63) is 82.8 Å². The second kappa shape index (κ2) is 5.62. The Labute approximate surface area is 124 Å². The molecule has 1 atom stereocenters. The average Bonchev–Trinajstić information content (AvgIpc) is 3.01. The van der Waals surface area contributed by atoms with Crippen molar-refractivity contribution in [1.29, 1.82) is 0 Å². The minimum atomic E-state index is -0.621. The molecule has 1 N–H and O–H groups in total. The maximum atomic E-state index is 10.6. The van der Waals surface area contributed by atoms with Crippen LogP contribution in [0.3, 0.4) is 0 Å². The molecule has 1 aliphatic heterocycles. The van der Waals surface area contributed by atoms with Crippen molar-refractivity contribution in [2.45, 2.75) is 26.2 Å². The van der Waals surface area contributed by atoms with E-state index in [2.05, 4.69) is 0 Å². The van der Waals surface area contributed by atoms with Crippen molar-refractivity contribution >= 4 is 0 Å². The van der Waals surface area contributed by atoms with E-state index in [1.165, 1.54) is 12.5 Å². The Morgan fingerprint density at radius 3 is 2.05 bits per heavy atom. The monoisotopic (exact) mass is 282 g/mol. The Morgan fingerprint density at radius 1 is 0.905 bits per heavy atom. The van der Waals surface area contributed by atoms with Gasteiger partial charge in [0, 0.05) is 5.56 Å². The molecule has 0 aliphatic carbocycles. The molecule has 108 valence electrons. The third-order valence-electron chi connectivity index (χ3n) is 3.80. The first-order chi connectivity index (χ1) is 10.2. The molecule has 1 aliphatic rings. The SMILES string of the molecule is Cc1cccc(C)c1C(O)c1ccc(C2OC=CO2)cc1. The number of rotatable bonds is 3. The number of aliphatic hydroxyl groups is 1. The lowest BCUT2D eigenvalue weighted by Gasteiger charge is -2.18. The van der Waals surface area contributed by atoms with Crippen molar-refractivity contribution in [1.82, 2.24) is 0 Å². The van der Waals surface area contributed by atoms with Crippen molar-refractivity contribution in [2.24, 2.45) is 0 Å². The maximum Gasteiger partial charge on any atom is 0.266 e. The van der Waals surface area contributed by atoms with Crippen LogP contribution in [0, 0.1) is 13.8 Å². The molecule has 0 aromatic heterocycles. The smallest absolute Gasteiger partial charge is 0.266 e. The predicted molar refractivity (Wildman–Crippen MR) is 80.5 cm³/mol. The van der Waals surface area contributed by atoms with Gasteiger partial charge in [0.2, 0.25) is 0 Å². The van der Waals surface area contributed by atoms with Gasteiger partial charge in [0.05, 0.1) is 0 Å². The summed E-state index contributed by atoms with van der Waals surface area (Å²) >= 11 is 0. The molecule has 3 heteroatoms. The summed E-state index contributed by atoms with van der Waals surface area (Å²) in [6, 6.07) is 13.7. The summed E-state index contributed by atoms with van der Waals surface area (Å²) in [6.07, 6.45) is 2.06. The fourth-order valence-electron chi connectivity index (χ4n) is 2.66. The van der Waals surface area contributed by atoms with E-state index in [4.69, 9.17) is 9.47 Å². The highest BCUT2D eigenvalue weighted by Crippen LogP contribution is 2.30. The van der Waals surface area contributed by atoms with Gasteiger partial charge in [-0.05, 0) is 36.1 Å². The van der Waals surface area contributed by atoms with Gasteiger partial charge >= 0.3 is 0 Å². The zero-order valence-electron chi connectivity index (χ0n) is 12.1. The molecule has 3 rings (SSSR count). The van der Waals surface area contributed by atoms with Crippen LogP contribution in [0.15, 0.2) is 55.0 Å². The Bertz CT molecular complexity index is 630. The Balaban J connectivity index is 1.86. The number of aryl methyl sites for hydroxylation is 2. The van der Waals surface area contributed by atoms with Crippen LogP contribution in [-0.2, 0) is 9.47 Å². The highest BCUT2D eigenvalue weighted by atomic mass is 16.7. The van der Waals surface area contributed by atoms with E-state index in [9.17, 15) is 5.11 Å². The van der Waals surface area contributed by atoms with Crippen molar-refractivity contribution in [3.63, 3.8) is 0 Å². The van der Waals surface area contributed by atoms with Gasteiger partial charge in [0.25, 0.3) is 6.29 Å². The van der Waals surface area contributed by atoms with Crippen molar-refractivity contribution in [3.8, 4) is 0 Å². The summed E-state index contributed by atoms with van der Waals surface area (Å²) in [4.78, 5) is 0. The van der Waals surface area contributed by atoms with E-state index >= 15 is 0 Å². The number of ether oxygens (including phenoxy) is 2. The third-order valence-corrected chi connectivity index (χ3v) is 3.80. The second-order valence-electron chi connectivity index (χ2n) is 5.25. The van der Waals surface area contributed by atoms with Crippen LogP contribution < -0.4 is 0 Å². The van der Waals surface area contributed by atoms with E-state index in [0.717, 1.165) is 27.8 Å². The van der Waals surface area contributed by atoms with Crippen LogP contribution >= 0.6 is 0 Å². The van der Waals surface area contributed by atoms with Gasteiger partial charge < -0.3 is 14.6 Å². The maximum absolute atomic E-state index is 10.6. The Hall–Kier alpha value is -2.26. The lowest BCUT2D eigenvalue weighted by atomic mass is 9.93. The van der Waals surface area contributed by atoms with E-state index in [-0.39, 0.29) is 6.29 Å². The van der Waals surface area contributed by atoms with Crippen LogP contribution in [0.4, 0.5) is 0 Å². The fourth-order valence-corrected chi connectivity index (χ4v) is 2.66. The topological polar surface area (TPSA) is 38.7 Å². The zero-order chi connectivity index (χ0) is 14.8.